The van der Waals surface area contributed by atoms with Gasteiger partial charge in [0.25, 0.3) is 11.8 Å². The highest BCUT2D eigenvalue weighted by Crippen LogP contribution is 2.47. The van der Waals surface area contributed by atoms with Gasteiger partial charge in [0.05, 0.1) is 29.0 Å². The fourth-order valence-electron chi connectivity index (χ4n) is 8.11. The highest BCUT2D eigenvalue weighted by atomic mass is 35.5. The van der Waals surface area contributed by atoms with Crippen molar-refractivity contribution in [3.63, 3.8) is 0 Å². The van der Waals surface area contributed by atoms with E-state index in [0.717, 1.165) is 61.5 Å². The predicted molar refractivity (Wildman–Crippen MR) is 196 cm³/mol. The van der Waals surface area contributed by atoms with Crippen LogP contribution < -0.4 is 14.4 Å². The molecule has 3 heterocycles. The van der Waals surface area contributed by atoms with Crippen molar-refractivity contribution in [1.29, 1.82) is 0 Å². The van der Waals surface area contributed by atoms with Crippen molar-refractivity contribution in [2.24, 2.45) is 22.1 Å². The number of allylic oxidation sites excluding steroid dienone is 1. The van der Waals surface area contributed by atoms with Crippen LogP contribution in [0.5, 0.6) is 5.75 Å². The molecule has 2 bridgehead atoms. The summed E-state index contributed by atoms with van der Waals surface area (Å²) in [7, 11) is -1.70. The number of nitrogens with zero attached hydrogens (tertiary/aromatic N) is 2. The average Bonchev–Trinajstić information content (AvgIpc) is 3.43. The number of amides is 2. The van der Waals surface area contributed by atoms with Crippen LogP contribution in [-0.4, -0.2) is 54.7 Å². The van der Waals surface area contributed by atoms with Gasteiger partial charge in [-0.05, 0) is 122 Å². The lowest BCUT2D eigenvalue weighted by molar-refractivity contribution is 0.0131. The molecule has 8 nitrogen and oxygen atoms in total. The Bertz CT molecular complexity index is 1920. The van der Waals surface area contributed by atoms with E-state index in [2.05, 4.69) is 38.3 Å². The Kier molecular flexibility index (Phi) is 9.69. The summed E-state index contributed by atoms with van der Waals surface area (Å²) in [5.41, 5.74) is 4.39. The van der Waals surface area contributed by atoms with Gasteiger partial charge in [0, 0.05) is 36.2 Å². The van der Waals surface area contributed by atoms with Crippen molar-refractivity contribution < 1.29 is 23.3 Å². The average molecular weight is 722 g/mol. The molecule has 260 valence electrons. The zero-order valence-electron chi connectivity index (χ0n) is 28.3. The molecule has 2 aromatic carbocycles. The van der Waals surface area contributed by atoms with E-state index in [1.807, 2.05) is 37.4 Å². The minimum atomic E-state index is -3.47. The Labute approximate surface area is 298 Å². The van der Waals surface area contributed by atoms with Gasteiger partial charge in [0.1, 0.15) is 15.7 Å². The normalized spacial score (nSPS) is 30.5. The summed E-state index contributed by atoms with van der Waals surface area (Å²) in [6, 6.07) is 13.4. The Hall–Kier alpha value is -3.18. The van der Waals surface area contributed by atoms with E-state index in [1.165, 1.54) is 22.5 Å². The van der Waals surface area contributed by atoms with Crippen LogP contribution in [-0.2, 0) is 26.5 Å². The van der Waals surface area contributed by atoms with Gasteiger partial charge in [0.15, 0.2) is 0 Å². The van der Waals surface area contributed by atoms with E-state index < -0.39 is 21.7 Å². The first-order chi connectivity index (χ1) is 23.5. The Morgan fingerprint density at radius 2 is 2.06 bits per heavy atom. The highest BCUT2D eigenvalue weighted by Gasteiger charge is 2.44. The number of thiophene rings is 1. The molecule has 2 aliphatic heterocycles. The number of methoxy groups -OCH3 is 1. The van der Waals surface area contributed by atoms with E-state index >= 15 is 0 Å². The summed E-state index contributed by atoms with van der Waals surface area (Å²) in [5.74, 6) is 0.266. The largest absolute Gasteiger partial charge is 0.490 e. The van der Waals surface area contributed by atoms with Gasteiger partial charge < -0.3 is 14.4 Å². The third-order valence-corrected chi connectivity index (χ3v) is 14.0. The first-order valence-corrected chi connectivity index (χ1v) is 20.2. The minimum absolute atomic E-state index is 0.0367. The number of benzene rings is 2. The number of ether oxygens (including phenoxy) is 2. The Morgan fingerprint density at radius 1 is 1.20 bits per heavy atom. The first kappa shape index (κ1) is 34.3. The lowest BCUT2D eigenvalue weighted by Gasteiger charge is -2.46. The minimum Gasteiger partial charge on any atom is -0.490 e. The number of halogens is 1. The van der Waals surface area contributed by atoms with Crippen LogP contribution in [0.2, 0.25) is 5.02 Å². The smallest absolute Gasteiger partial charge is 0.286 e. The second-order valence-corrected chi connectivity index (χ2v) is 17.7. The van der Waals surface area contributed by atoms with E-state index in [4.69, 9.17) is 21.1 Å². The van der Waals surface area contributed by atoms with Gasteiger partial charge in [-0.3, -0.25) is 14.3 Å². The maximum Gasteiger partial charge on any atom is 0.286 e. The quantitative estimate of drug-likeness (QED) is 0.278. The number of anilines is 1. The van der Waals surface area contributed by atoms with Crippen LogP contribution >= 0.6 is 22.9 Å². The maximum atomic E-state index is 14.4. The van der Waals surface area contributed by atoms with Crippen molar-refractivity contribution in [2.45, 2.75) is 63.9 Å². The number of rotatable bonds is 3. The third kappa shape index (κ3) is 7.07. The van der Waals surface area contributed by atoms with Crippen molar-refractivity contribution in [2.75, 3.05) is 37.5 Å². The lowest BCUT2D eigenvalue weighted by atomic mass is 9.68. The fraction of sp³-hybridized carbons (Fsp3) is 0.474. The lowest BCUT2D eigenvalue weighted by Crippen LogP contribution is -2.49. The molecule has 6 atom stereocenters. The predicted octanol–water partition coefficient (Wildman–Crippen LogP) is 7.77. The fourth-order valence-corrected chi connectivity index (χ4v) is 11.0. The van der Waals surface area contributed by atoms with Gasteiger partial charge in [-0.15, -0.1) is 15.7 Å². The summed E-state index contributed by atoms with van der Waals surface area (Å²) < 4.78 is 34.1. The molecule has 1 saturated carbocycles. The van der Waals surface area contributed by atoms with E-state index in [0.29, 0.717) is 41.1 Å². The third-order valence-electron chi connectivity index (χ3n) is 10.7. The summed E-state index contributed by atoms with van der Waals surface area (Å²) in [6.45, 7) is 5.90. The molecular weight excluding hydrogens is 678 g/mol. The van der Waals surface area contributed by atoms with Crippen molar-refractivity contribution in [3.8, 4) is 5.75 Å². The number of carbonyl (C=O) groups is 2. The molecule has 1 spiro atoms. The molecule has 0 saturated heterocycles. The van der Waals surface area contributed by atoms with Gasteiger partial charge in [-0.25, -0.2) is 4.21 Å². The summed E-state index contributed by atoms with van der Waals surface area (Å²) >= 11 is 7.73. The molecule has 2 aliphatic carbocycles. The number of nitrogens with one attached hydrogen (secondary N) is 1. The molecular formula is C38H44ClN3O5S2. The monoisotopic (exact) mass is 721 g/mol. The number of hydrogen-bond acceptors (Lipinski definition) is 7. The molecule has 1 N–H and O–H groups in total. The Morgan fingerprint density at radius 3 is 2.82 bits per heavy atom. The van der Waals surface area contributed by atoms with Gasteiger partial charge >= 0.3 is 0 Å². The molecule has 11 heteroatoms. The summed E-state index contributed by atoms with van der Waals surface area (Å²) in [6.07, 6.45) is 9.97. The van der Waals surface area contributed by atoms with Crippen molar-refractivity contribution >= 4 is 50.4 Å². The van der Waals surface area contributed by atoms with Crippen LogP contribution in [0.3, 0.4) is 0 Å². The number of carbonyl (C=O) groups excluding carboxylic acids is 2. The Balaban J connectivity index is 1.31. The molecule has 3 aromatic rings. The summed E-state index contributed by atoms with van der Waals surface area (Å²) in [4.78, 5) is 30.0. The van der Waals surface area contributed by atoms with Crippen LogP contribution in [0.4, 0.5) is 5.69 Å². The van der Waals surface area contributed by atoms with E-state index in [9.17, 15) is 13.8 Å². The van der Waals surface area contributed by atoms with Crippen molar-refractivity contribution in [3.05, 3.63) is 92.2 Å². The molecule has 1 fully saturated rings. The SMILES string of the molecule is CO[C@H]1/C=C/C[C@H](C)CS(=O)(NC(=O)c2cc(C)cs2)=NC(=O)c2ccc3c(c2)N(C[C@@H]2CC[C@H]21)C[C@@]1(CCCc2cc(Cl)ccc21)CO3. The topological polar surface area (TPSA) is 97.3 Å². The molecule has 49 heavy (non-hydrogen) atoms. The number of hydrogen-bond donors (Lipinski definition) is 1. The molecule has 1 unspecified atom stereocenters. The number of aryl methyl sites for hydroxylation is 2. The second kappa shape index (κ2) is 13.9. The first-order valence-electron chi connectivity index (χ1n) is 17.2. The van der Waals surface area contributed by atoms with Crippen LogP contribution in [0, 0.1) is 24.7 Å². The standard InChI is InChI=1S/C38H44ClN3O5S2/c1-24-6-4-8-33(46-3)30-12-9-28(30)19-42-22-38(15-5-7-26-17-29(39)11-13-31(26)38)23-47-34-14-10-27(18-32(34)42)36(43)40-49(45,21-24)41-37(44)35-16-25(2)20-48-35/h4,8,10-11,13-14,16-18,20,24,28,30,33H,5-7,9,12,15,19,21-23H2,1-3H3,(H,40,41,43,44,45)/b8-4+/t24-,28-,30+,33-,38-,49?/m0/s1. The highest BCUT2D eigenvalue weighted by molar-refractivity contribution is 7.92. The van der Waals surface area contributed by atoms with Crippen molar-refractivity contribution in [1.82, 2.24) is 4.72 Å². The molecule has 7 rings (SSSR count). The molecule has 2 amide bonds. The maximum absolute atomic E-state index is 14.4. The van der Waals surface area contributed by atoms with Crippen LogP contribution in [0.15, 0.2) is 64.4 Å². The summed E-state index contributed by atoms with van der Waals surface area (Å²) in [5, 5.41) is 2.61. The van der Waals surface area contributed by atoms with Crippen LogP contribution in [0.25, 0.3) is 0 Å². The van der Waals surface area contributed by atoms with Gasteiger partial charge in [0.2, 0.25) is 0 Å². The van der Waals surface area contributed by atoms with Gasteiger partial charge in [-0.1, -0.05) is 36.7 Å². The molecule has 1 aromatic heterocycles. The second-order valence-electron chi connectivity index (χ2n) is 14.4. The molecule has 0 radical (unpaired) electrons. The zero-order chi connectivity index (χ0) is 34.3. The number of fused-ring (bicyclic) bond motifs is 4. The van der Waals surface area contributed by atoms with E-state index in [-0.39, 0.29) is 23.2 Å². The zero-order valence-corrected chi connectivity index (χ0v) is 30.7. The van der Waals surface area contributed by atoms with E-state index in [1.54, 1.807) is 19.2 Å². The van der Waals surface area contributed by atoms with Gasteiger partial charge in [-0.2, -0.15) is 0 Å². The van der Waals surface area contributed by atoms with Crippen LogP contribution in [0.1, 0.15) is 75.7 Å². The molecule has 4 aliphatic rings.